The Morgan fingerprint density at radius 1 is 0.917 bits per heavy atom. The summed E-state index contributed by atoms with van der Waals surface area (Å²) in [6.45, 7) is 3.11. The maximum absolute atomic E-state index is 8.33. The molecule has 0 radical (unpaired) electrons. The molecule has 5 nitrogen and oxygen atoms in total. The number of rotatable bonds is 0. The summed E-state index contributed by atoms with van der Waals surface area (Å²) in [6, 6.07) is 0. The van der Waals surface area contributed by atoms with Gasteiger partial charge in [-0.15, -0.1) is 0 Å². The van der Waals surface area contributed by atoms with E-state index in [4.69, 9.17) is 24.5 Å². The largest absolute Gasteiger partial charge is 1.00 e. The molecule has 1 saturated heterocycles. The van der Waals surface area contributed by atoms with Gasteiger partial charge in [-0.3, -0.25) is 0 Å². The zero-order chi connectivity index (χ0) is 7.82. The van der Waals surface area contributed by atoms with E-state index in [0.717, 1.165) is 26.4 Å². The summed E-state index contributed by atoms with van der Waals surface area (Å²) in [5, 5.41) is 16.7. The summed E-state index contributed by atoms with van der Waals surface area (Å²) in [4.78, 5) is 8.33. The second-order valence-corrected chi connectivity index (χ2v) is 1.47. The molecule has 1 aliphatic heterocycles. The molecule has 12 heavy (non-hydrogen) atoms. The van der Waals surface area contributed by atoms with Gasteiger partial charge in [0.15, 0.2) is 0 Å². The molecule has 0 unspecified atom stereocenters. The SMILES string of the molecule is C1COCCO1.O=C([O-])[O-].[K+].[K+]. The van der Waals surface area contributed by atoms with Crippen molar-refractivity contribution in [2.24, 2.45) is 0 Å². The van der Waals surface area contributed by atoms with Crippen molar-refractivity contribution in [1.29, 1.82) is 0 Å². The van der Waals surface area contributed by atoms with Crippen LogP contribution in [0.15, 0.2) is 0 Å². The average molecular weight is 226 g/mol. The first-order valence-electron chi connectivity index (χ1n) is 2.77. The maximum atomic E-state index is 8.33. The van der Waals surface area contributed by atoms with Crippen LogP contribution in [0.3, 0.4) is 0 Å². The van der Waals surface area contributed by atoms with Crippen LogP contribution in [-0.4, -0.2) is 32.6 Å². The van der Waals surface area contributed by atoms with Gasteiger partial charge in [-0.1, -0.05) is 0 Å². The van der Waals surface area contributed by atoms with Gasteiger partial charge in [-0.2, -0.15) is 0 Å². The van der Waals surface area contributed by atoms with Crippen LogP contribution in [0.2, 0.25) is 0 Å². The third kappa shape index (κ3) is 22.9. The first-order chi connectivity index (χ1) is 4.73. The predicted octanol–water partition coefficient (Wildman–Crippen LogP) is -8.41. The van der Waals surface area contributed by atoms with Gasteiger partial charge in [-0.25, -0.2) is 0 Å². The maximum Gasteiger partial charge on any atom is 1.00 e. The van der Waals surface area contributed by atoms with Gasteiger partial charge in [0.25, 0.3) is 0 Å². The molecule has 1 fully saturated rings. The van der Waals surface area contributed by atoms with E-state index in [2.05, 4.69) is 0 Å². The van der Waals surface area contributed by atoms with E-state index in [1.54, 1.807) is 0 Å². The number of carbonyl (C=O) groups is 1. The fourth-order valence-corrected chi connectivity index (χ4v) is 0.440. The van der Waals surface area contributed by atoms with Crippen LogP contribution in [0.1, 0.15) is 0 Å². The molecule has 0 spiro atoms. The van der Waals surface area contributed by atoms with E-state index in [9.17, 15) is 0 Å². The van der Waals surface area contributed by atoms with E-state index in [1.165, 1.54) is 0 Å². The standard InChI is InChI=1S/C4H8O2.CH2O3.2K/c1-2-6-4-3-5-1;2-1(3)4;;/h1-4H2;(H2,2,3,4);;/q;;2*+1/p-2. The zero-order valence-electron chi connectivity index (χ0n) is 7.37. The van der Waals surface area contributed by atoms with Crippen molar-refractivity contribution in [3.63, 3.8) is 0 Å². The smallest absolute Gasteiger partial charge is 0.652 e. The topological polar surface area (TPSA) is 81.7 Å². The molecule has 0 aromatic carbocycles. The molecule has 0 bridgehead atoms. The predicted molar refractivity (Wildman–Crippen MR) is 27.0 cm³/mol. The Morgan fingerprint density at radius 3 is 1.17 bits per heavy atom. The fraction of sp³-hybridized carbons (Fsp3) is 0.800. The molecule has 1 aliphatic rings. The van der Waals surface area contributed by atoms with Crippen molar-refractivity contribution in [3.8, 4) is 0 Å². The minimum atomic E-state index is -2.33. The molecule has 0 aromatic heterocycles. The monoisotopic (exact) mass is 226 g/mol. The van der Waals surface area contributed by atoms with Crippen molar-refractivity contribution in [1.82, 2.24) is 0 Å². The Bertz CT molecular complexity index is 80.3. The Labute approximate surface area is 156 Å². The summed E-state index contributed by atoms with van der Waals surface area (Å²) in [7, 11) is 0. The van der Waals surface area contributed by atoms with Crippen molar-refractivity contribution in [2.45, 2.75) is 0 Å². The molecule has 60 valence electrons. The molecule has 7 heteroatoms. The molecule has 0 amide bonds. The number of ether oxygens (including phenoxy) is 2. The van der Waals surface area contributed by atoms with Crippen molar-refractivity contribution in [2.75, 3.05) is 26.4 Å². The second kappa shape index (κ2) is 15.9. The molecular weight excluding hydrogens is 218 g/mol. The summed E-state index contributed by atoms with van der Waals surface area (Å²) in [6.07, 6.45) is -2.33. The second-order valence-electron chi connectivity index (χ2n) is 1.47. The third-order valence-corrected chi connectivity index (χ3v) is 0.744. The van der Waals surface area contributed by atoms with Gasteiger partial charge in [0.1, 0.15) is 0 Å². The van der Waals surface area contributed by atoms with Gasteiger partial charge < -0.3 is 24.5 Å². The molecular formula is C5H8K2O5. The van der Waals surface area contributed by atoms with Gasteiger partial charge in [0.05, 0.1) is 26.4 Å². The summed E-state index contributed by atoms with van der Waals surface area (Å²) in [5.41, 5.74) is 0. The molecule has 0 saturated carbocycles. The third-order valence-electron chi connectivity index (χ3n) is 0.744. The molecule has 0 aliphatic carbocycles. The zero-order valence-corrected chi connectivity index (χ0v) is 13.6. The molecule has 1 rings (SSSR count). The molecule has 0 aromatic rings. The van der Waals surface area contributed by atoms with E-state index >= 15 is 0 Å². The van der Waals surface area contributed by atoms with E-state index in [1.807, 2.05) is 0 Å². The first-order valence-corrected chi connectivity index (χ1v) is 2.77. The van der Waals surface area contributed by atoms with E-state index in [-0.39, 0.29) is 103 Å². The summed E-state index contributed by atoms with van der Waals surface area (Å²) < 4.78 is 9.89. The van der Waals surface area contributed by atoms with Crippen molar-refractivity contribution < 1.29 is 127 Å². The Hall–Kier alpha value is 2.46. The van der Waals surface area contributed by atoms with Crippen LogP contribution in [0.4, 0.5) is 4.79 Å². The van der Waals surface area contributed by atoms with Crippen LogP contribution in [-0.2, 0) is 9.47 Å². The summed E-state index contributed by atoms with van der Waals surface area (Å²) in [5.74, 6) is 0. The minimum Gasteiger partial charge on any atom is -0.652 e. The molecule has 1 heterocycles. The fourth-order valence-electron chi connectivity index (χ4n) is 0.440. The number of carboxylic acid groups (broad SMARTS) is 2. The van der Waals surface area contributed by atoms with Crippen LogP contribution < -0.4 is 113 Å². The number of hydrogen-bond donors (Lipinski definition) is 0. The van der Waals surface area contributed by atoms with Gasteiger partial charge in [-0.05, 0) is 6.16 Å². The van der Waals surface area contributed by atoms with E-state index < -0.39 is 6.16 Å². The van der Waals surface area contributed by atoms with Crippen LogP contribution in [0, 0.1) is 0 Å². The van der Waals surface area contributed by atoms with Crippen LogP contribution in [0.25, 0.3) is 0 Å². The van der Waals surface area contributed by atoms with Crippen LogP contribution in [0.5, 0.6) is 0 Å². The molecule has 0 atom stereocenters. The van der Waals surface area contributed by atoms with E-state index in [0.29, 0.717) is 0 Å². The Kier molecular flexibility index (Phi) is 26.5. The number of carbonyl (C=O) groups excluding carboxylic acids is 1. The normalized spacial score (nSPS) is 14.0. The number of hydrogen-bond acceptors (Lipinski definition) is 5. The van der Waals surface area contributed by atoms with Gasteiger partial charge in [0.2, 0.25) is 0 Å². The molecule has 0 N–H and O–H groups in total. The summed E-state index contributed by atoms with van der Waals surface area (Å²) >= 11 is 0. The van der Waals surface area contributed by atoms with Crippen molar-refractivity contribution >= 4 is 6.16 Å². The van der Waals surface area contributed by atoms with Gasteiger partial charge >= 0.3 is 103 Å². The Balaban J connectivity index is -0.000000124. The quantitative estimate of drug-likeness (QED) is 0.383. The average Bonchev–Trinajstić information content (AvgIpc) is 1.90. The minimum absolute atomic E-state index is 0. The van der Waals surface area contributed by atoms with Crippen molar-refractivity contribution in [3.05, 3.63) is 0 Å². The van der Waals surface area contributed by atoms with Gasteiger partial charge in [0, 0.05) is 0 Å². The van der Waals surface area contributed by atoms with Crippen LogP contribution >= 0.6 is 0 Å². The first kappa shape index (κ1) is 19.9. The Morgan fingerprint density at radius 2 is 1.08 bits per heavy atom.